The van der Waals surface area contributed by atoms with Gasteiger partial charge in [0.2, 0.25) is 0 Å². The normalized spacial score (nSPS) is 15.3. The molecule has 4 N–H and O–H groups in total. The highest BCUT2D eigenvalue weighted by molar-refractivity contribution is 9.10. The van der Waals surface area contributed by atoms with Gasteiger partial charge in [0.25, 0.3) is 5.84 Å². The van der Waals surface area contributed by atoms with Crippen LogP contribution in [0.1, 0.15) is 5.56 Å². The number of benzene rings is 1. The molecular formula is C9H11BrN3+. The lowest BCUT2D eigenvalue weighted by Gasteiger charge is -1.99. The van der Waals surface area contributed by atoms with Crippen LogP contribution in [0.3, 0.4) is 0 Å². The Morgan fingerprint density at radius 1 is 1.38 bits per heavy atom. The summed E-state index contributed by atoms with van der Waals surface area (Å²) >= 11 is 3.41. The van der Waals surface area contributed by atoms with E-state index in [4.69, 9.17) is 5.73 Å². The summed E-state index contributed by atoms with van der Waals surface area (Å²) in [5, 5.41) is 3.26. The van der Waals surface area contributed by atoms with Crippen LogP contribution in [0, 0.1) is 0 Å². The Labute approximate surface area is 85.2 Å². The van der Waals surface area contributed by atoms with Gasteiger partial charge in [-0.15, -0.1) is 0 Å². The average Bonchev–Trinajstić information content (AvgIpc) is 2.53. The van der Waals surface area contributed by atoms with Crippen molar-refractivity contribution in [1.29, 1.82) is 0 Å². The molecule has 68 valence electrons. The number of anilines is 1. The largest absolute Gasteiger partial charge is 0.399 e. The number of amidine groups is 1. The fourth-order valence-corrected chi connectivity index (χ4v) is 1.91. The molecule has 0 bridgehead atoms. The van der Waals surface area contributed by atoms with Crippen LogP contribution in [0.2, 0.25) is 0 Å². The van der Waals surface area contributed by atoms with Crippen LogP contribution in [-0.2, 0) is 0 Å². The van der Waals surface area contributed by atoms with E-state index >= 15 is 0 Å². The Morgan fingerprint density at radius 3 is 2.85 bits per heavy atom. The maximum absolute atomic E-state index is 5.73. The molecule has 0 saturated carbocycles. The second-order valence-corrected chi connectivity index (χ2v) is 3.92. The molecule has 2 rings (SSSR count). The third-order valence-electron chi connectivity index (χ3n) is 1.94. The first kappa shape index (κ1) is 8.56. The molecule has 1 aliphatic heterocycles. The molecule has 0 fully saturated rings. The van der Waals surface area contributed by atoms with Crippen molar-refractivity contribution >= 4 is 27.5 Å². The van der Waals surface area contributed by atoms with Gasteiger partial charge in [0.05, 0.1) is 5.56 Å². The van der Waals surface area contributed by atoms with Crippen LogP contribution in [-0.4, -0.2) is 18.9 Å². The molecule has 0 unspecified atom stereocenters. The predicted molar refractivity (Wildman–Crippen MR) is 56.5 cm³/mol. The maximum Gasteiger partial charge on any atom is 0.275 e. The monoisotopic (exact) mass is 240 g/mol. The van der Waals surface area contributed by atoms with Gasteiger partial charge in [0.1, 0.15) is 13.1 Å². The number of rotatable bonds is 1. The summed E-state index contributed by atoms with van der Waals surface area (Å²) in [6, 6.07) is 5.88. The lowest BCUT2D eigenvalue weighted by atomic mass is 10.2. The summed E-state index contributed by atoms with van der Waals surface area (Å²) in [5.41, 5.74) is 7.60. The Bertz CT molecular complexity index is 340. The lowest BCUT2D eigenvalue weighted by Crippen LogP contribution is -2.70. The van der Waals surface area contributed by atoms with Crippen molar-refractivity contribution in [3.8, 4) is 0 Å². The van der Waals surface area contributed by atoms with Gasteiger partial charge >= 0.3 is 0 Å². The van der Waals surface area contributed by atoms with Crippen LogP contribution < -0.4 is 16.0 Å². The molecule has 4 heteroatoms. The van der Waals surface area contributed by atoms with Crippen molar-refractivity contribution in [3.05, 3.63) is 28.2 Å². The van der Waals surface area contributed by atoms with Crippen LogP contribution in [0.15, 0.2) is 22.7 Å². The third kappa shape index (κ3) is 1.83. The van der Waals surface area contributed by atoms with E-state index < -0.39 is 0 Å². The van der Waals surface area contributed by atoms with Gasteiger partial charge in [-0.05, 0) is 18.2 Å². The van der Waals surface area contributed by atoms with Gasteiger partial charge in [-0.2, -0.15) is 0 Å². The van der Waals surface area contributed by atoms with E-state index in [0.717, 1.165) is 34.6 Å². The standard InChI is InChI=1S/C9H10BrN3/c10-7-3-6(4-8(11)5-7)9-12-1-2-13-9/h3-5H,1-2,11H2,(H,12,13)/p+1. The summed E-state index contributed by atoms with van der Waals surface area (Å²) in [7, 11) is 0. The van der Waals surface area contributed by atoms with Crippen LogP contribution >= 0.6 is 15.9 Å². The van der Waals surface area contributed by atoms with E-state index in [1.807, 2.05) is 18.2 Å². The van der Waals surface area contributed by atoms with E-state index in [-0.39, 0.29) is 0 Å². The molecule has 1 heterocycles. The van der Waals surface area contributed by atoms with Gasteiger partial charge < -0.3 is 5.73 Å². The van der Waals surface area contributed by atoms with E-state index in [0.29, 0.717) is 0 Å². The van der Waals surface area contributed by atoms with Crippen LogP contribution in [0.25, 0.3) is 0 Å². The number of nitrogens with two attached hydrogens (primary N) is 1. The molecule has 0 radical (unpaired) electrons. The zero-order chi connectivity index (χ0) is 9.26. The molecule has 1 aliphatic rings. The first-order valence-electron chi connectivity index (χ1n) is 4.17. The molecular weight excluding hydrogens is 230 g/mol. The van der Waals surface area contributed by atoms with Gasteiger partial charge in [-0.25, -0.2) is 0 Å². The molecule has 13 heavy (non-hydrogen) atoms. The van der Waals surface area contributed by atoms with Gasteiger partial charge in [0.15, 0.2) is 0 Å². The fourth-order valence-electron chi connectivity index (χ4n) is 1.40. The number of halogens is 1. The smallest absolute Gasteiger partial charge is 0.275 e. The lowest BCUT2D eigenvalue weighted by molar-refractivity contribution is -0.444. The zero-order valence-corrected chi connectivity index (χ0v) is 8.69. The molecule has 0 saturated heterocycles. The third-order valence-corrected chi connectivity index (χ3v) is 2.40. The Kier molecular flexibility index (Phi) is 2.22. The molecule has 1 aromatic rings. The van der Waals surface area contributed by atoms with Crippen molar-refractivity contribution < 1.29 is 4.99 Å². The van der Waals surface area contributed by atoms with Crippen LogP contribution in [0.4, 0.5) is 5.69 Å². The zero-order valence-electron chi connectivity index (χ0n) is 7.10. The Balaban J connectivity index is 2.39. The first-order valence-corrected chi connectivity index (χ1v) is 4.96. The number of hydrogen-bond acceptors (Lipinski definition) is 2. The van der Waals surface area contributed by atoms with Crippen molar-refractivity contribution in [2.24, 2.45) is 0 Å². The topological polar surface area (TPSA) is 52.0 Å². The molecule has 0 amide bonds. The molecule has 0 spiro atoms. The summed E-state index contributed by atoms with van der Waals surface area (Å²) in [4.78, 5) is 3.26. The molecule has 0 aliphatic carbocycles. The molecule has 3 nitrogen and oxygen atoms in total. The number of nitrogens with one attached hydrogen (secondary N) is 2. The van der Waals surface area contributed by atoms with Crippen molar-refractivity contribution in [1.82, 2.24) is 5.32 Å². The highest BCUT2D eigenvalue weighted by Gasteiger charge is 2.15. The van der Waals surface area contributed by atoms with Crippen molar-refractivity contribution in [3.63, 3.8) is 0 Å². The van der Waals surface area contributed by atoms with Crippen molar-refractivity contribution in [2.75, 3.05) is 18.8 Å². The van der Waals surface area contributed by atoms with E-state index in [2.05, 4.69) is 26.2 Å². The van der Waals surface area contributed by atoms with Gasteiger partial charge in [0, 0.05) is 10.2 Å². The summed E-state index contributed by atoms with van der Waals surface area (Å²) < 4.78 is 1.01. The summed E-state index contributed by atoms with van der Waals surface area (Å²) in [5.74, 6) is 1.06. The van der Waals surface area contributed by atoms with Crippen LogP contribution in [0.5, 0.6) is 0 Å². The minimum atomic E-state index is 0.771. The van der Waals surface area contributed by atoms with E-state index in [1.165, 1.54) is 0 Å². The molecule has 1 aromatic carbocycles. The Hall–Kier alpha value is -1.03. The fraction of sp³-hybridized carbons (Fsp3) is 0.222. The van der Waals surface area contributed by atoms with E-state index in [9.17, 15) is 0 Å². The molecule has 0 atom stereocenters. The highest BCUT2D eigenvalue weighted by Crippen LogP contribution is 2.16. The highest BCUT2D eigenvalue weighted by atomic mass is 79.9. The number of nitrogen functional groups attached to an aromatic ring is 1. The summed E-state index contributed by atoms with van der Waals surface area (Å²) in [6.07, 6.45) is 0. The van der Waals surface area contributed by atoms with Gasteiger partial charge in [-0.1, -0.05) is 15.9 Å². The predicted octanol–water partition coefficient (Wildman–Crippen LogP) is -0.538. The van der Waals surface area contributed by atoms with Gasteiger partial charge in [-0.3, -0.25) is 10.3 Å². The second-order valence-electron chi connectivity index (χ2n) is 3.00. The minimum Gasteiger partial charge on any atom is -0.399 e. The first-order chi connectivity index (χ1) is 6.25. The SMILES string of the molecule is Nc1cc(Br)cc(C2=[NH+]CCN2)c1. The maximum atomic E-state index is 5.73. The second kappa shape index (κ2) is 3.38. The van der Waals surface area contributed by atoms with Crippen molar-refractivity contribution in [2.45, 2.75) is 0 Å². The minimum absolute atomic E-state index is 0.771. The number of hydrogen-bond donors (Lipinski definition) is 3. The summed E-state index contributed by atoms with van der Waals surface area (Å²) in [6.45, 7) is 1.95. The Morgan fingerprint density at radius 2 is 2.23 bits per heavy atom. The molecule has 0 aromatic heterocycles. The van der Waals surface area contributed by atoms with E-state index in [1.54, 1.807) is 0 Å². The average molecular weight is 241 g/mol. The quantitative estimate of drug-likeness (QED) is 0.578.